The van der Waals surface area contributed by atoms with Crippen LogP contribution in [0.4, 0.5) is 0 Å². The molecule has 1 heterocycles. The van der Waals surface area contributed by atoms with E-state index < -0.39 is 14.8 Å². The Morgan fingerprint density at radius 3 is 2.31 bits per heavy atom. The average molecular weight is 266 g/mol. The maximum absolute atomic E-state index is 11.5. The third-order valence-corrected chi connectivity index (χ3v) is 5.28. The second-order valence-corrected chi connectivity index (χ2v) is 8.19. The Kier molecular flexibility index (Phi) is 2.38. The molecule has 2 rings (SSSR count). The lowest BCUT2D eigenvalue weighted by molar-refractivity contribution is -0.147. The van der Waals surface area contributed by atoms with Crippen molar-refractivity contribution in [2.24, 2.45) is 11.3 Å². The van der Waals surface area contributed by atoms with Crippen LogP contribution in [0.1, 0.15) is 40.0 Å². The number of nitrogens with zero attached hydrogens (tertiary/aromatic N) is 1. The van der Waals surface area contributed by atoms with Gasteiger partial charge in [-0.1, -0.05) is 20.8 Å². The van der Waals surface area contributed by atoms with E-state index >= 15 is 0 Å². The molecule has 1 aliphatic heterocycles. The minimum atomic E-state index is -3.93. The number of hydrogen-bond acceptors (Lipinski definition) is 3. The largest absolute Gasteiger partial charge is 0.324 e. The predicted molar refractivity (Wildman–Crippen MR) is 61.1 cm³/mol. The van der Waals surface area contributed by atoms with Crippen molar-refractivity contribution in [2.45, 2.75) is 45.6 Å². The predicted octanol–water partition coefficient (Wildman–Crippen LogP) is 1.90. The van der Waals surface area contributed by atoms with E-state index in [0.717, 1.165) is 10.7 Å². The van der Waals surface area contributed by atoms with Gasteiger partial charge in [0, 0.05) is 10.7 Å². The third-order valence-electron chi connectivity index (χ3n) is 3.87. The van der Waals surface area contributed by atoms with E-state index in [-0.39, 0.29) is 17.2 Å². The molecule has 2 aliphatic rings. The molecule has 92 valence electrons. The molecule has 2 atom stereocenters. The molecule has 1 saturated heterocycles. The number of carbonyl (C=O) groups excluding carboxylic acids is 1. The Balaban J connectivity index is 2.39. The summed E-state index contributed by atoms with van der Waals surface area (Å²) in [7, 11) is 1.40. The highest BCUT2D eigenvalue weighted by molar-refractivity contribution is 8.12. The Morgan fingerprint density at radius 2 is 2.00 bits per heavy atom. The molecule has 0 aromatic rings. The van der Waals surface area contributed by atoms with E-state index in [1.54, 1.807) is 0 Å². The highest BCUT2D eigenvalue weighted by Gasteiger charge is 2.64. The van der Waals surface area contributed by atoms with Crippen LogP contribution in [0.2, 0.25) is 0 Å². The van der Waals surface area contributed by atoms with E-state index in [0.29, 0.717) is 12.8 Å². The summed E-state index contributed by atoms with van der Waals surface area (Å²) >= 11 is 0. The first kappa shape index (κ1) is 12.2. The van der Waals surface area contributed by atoms with E-state index in [2.05, 4.69) is 13.8 Å². The van der Waals surface area contributed by atoms with Gasteiger partial charge in [0.25, 0.3) is 0 Å². The van der Waals surface area contributed by atoms with Crippen molar-refractivity contribution in [3.8, 4) is 0 Å². The van der Waals surface area contributed by atoms with Crippen LogP contribution in [0, 0.1) is 11.3 Å². The molecular formula is C10H16ClNO3S. The van der Waals surface area contributed by atoms with E-state index in [1.807, 2.05) is 6.92 Å². The second-order valence-electron chi connectivity index (χ2n) is 5.83. The molecule has 4 nitrogen and oxygen atoms in total. The van der Waals surface area contributed by atoms with Gasteiger partial charge in [0.15, 0.2) is 0 Å². The number of halogens is 1. The number of β-lactam (4-membered cyclic amide) rings is 1. The summed E-state index contributed by atoms with van der Waals surface area (Å²) < 4.78 is 23.7. The molecule has 1 spiro atoms. The van der Waals surface area contributed by atoms with Crippen LogP contribution in [-0.4, -0.2) is 24.2 Å². The molecule has 0 aromatic carbocycles. The average Bonchev–Trinajstić information content (AvgIpc) is 2.17. The summed E-state index contributed by atoms with van der Waals surface area (Å²) in [6.07, 6.45) is 1.94. The quantitative estimate of drug-likeness (QED) is 0.537. The maximum Gasteiger partial charge on any atom is 0.324 e. The lowest BCUT2D eigenvalue weighted by Gasteiger charge is -2.50. The number of rotatable bonds is 1. The fraction of sp³-hybridized carbons (Fsp3) is 0.900. The smallest absolute Gasteiger partial charge is 0.274 e. The van der Waals surface area contributed by atoms with Crippen LogP contribution in [0.15, 0.2) is 0 Å². The molecule has 6 heteroatoms. The van der Waals surface area contributed by atoms with Gasteiger partial charge < -0.3 is 0 Å². The Morgan fingerprint density at radius 1 is 1.44 bits per heavy atom. The second kappa shape index (κ2) is 3.13. The summed E-state index contributed by atoms with van der Waals surface area (Å²) in [5.74, 6) is -0.201. The molecule has 0 N–H and O–H groups in total. The van der Waals surface area contributed by atoms with Crippen molar-refractivity contribution in [1.29, 1.82) is 0 Å². The van der Waals surface area contributed by atoms with Crippen molar-refractivity contribution in [1.82, 2.24) is 4.31 Å². The number of hydrogen-bond donors (Lipinski definition) is 0. The van der Waals surface area contributed by atoms with Crippen LogP contribution >= 0.6 is 10.7 Å². The van der Waals surface area contributed by atoms with Crippen LogP contribution in [0.5, 0.6) is 0 Å². The van der Waals surface area contributed by atoms with Crippen LogP contribution in [0.3, 0.4) is 0 Å². The molecule has 1 amide bonds. The fourth-order valence-electron chi connectivity index (χ4n) is 3.50. The van der Waals surface area contributed by atoms with Gasteiger partial charge >= 0.3 is 9.24 Å². The van der Waals surface area contributed by atoms with Crippen molar-refractivity contribution in [2.75, 3.05) is 0 Å². The van der Waals surface area contributed by atoms with Gasteiger partial charge in [-0.3, -0.25) is 4.79 Å². The zero-order valence-electron chi connectivity index (χ0n) is 9.66. The minimum Gasteiger partial charge on any atom is -0.274 e. The van der Waals surface area contributed by atoms with Crippen LogP contribution < -0.4 is 0 Å². The van der Waals surface area contributed by atoms with Crippen molar-refractivity contribution in [3.63, 3.8) is 0 Å². The highest BCUT2D eigenvalue weighted by atomic mass is 35.7. The molecule has 2 fully saturated rings. The SMILES string of the molecule is CC1CC(C)(C)CC12CC(=O)N2S(=O)(=O)Cl. The molecule has 0 bridgehead atoms. The number of amides is 1. The van der Waals surface area contributed by atoms with Gasteiger partial charge in [-0.25, -0.2) is 4.31 Å². The molecule has 0 aromatic heterocycles. The molecular weight excluding hydrogens is 250 g/mol. The first-order valence-electron chi connectivity index (χ1n) is 5.36. The Labute approximate surface area is 101 Å². The Hall–Kier alpha value is -0.290. The highest BCUT2D eigenvalue weighted by Crippen LogP contribution is 2.57. The third kappa shape index (κ3) is 1.56. The summed E-state index contributed by atoms with van der Waals surface area (Å²) in [5, 5.41) is 0. The first-order chi connectivity index (χ1) is 7.08. The topological polar surface area (TPSA) is 54.5 Å². The summed E-state index contributed by atoms with van der Waals surface area (Å²) in [6, 6.07) is 0. The standard InChI is InChI=1S/C10H16ClNO3S/c1-7-4-9(2,3)6-10(7)5-8(13)12(10)16(11,14)15/h7H,4-6H2,1-3H3. The lowest BCUT2D eigenvalue weighted by atomic mass is 9.77. The normalized spacial score (nSPS) is 37.9. The zero-order valence-corrected chi connectivity index (χ0v) is 11.2. The summed E-state index contributed by atoms with van der Waals surface area (Å²) in [5.41, 5.74) is -0.485. The van der Waals surface area contributed by atoms with Gasteiger partial charge in [-0.05, 0) is 24.2 Å². The fourth-order valence-corrected chi connectivity index (χ4v) is 5.20. The van der Waals surface area contributed by atoms with Crippen molar-refractivity contribution in [3.05, 3.63) is 0 Å². The maximum atomic E-state index is 11.5. The molecule has 2 unspecified atom stereocenters. The summed E-state index contributed by atoms with van der Waals surface area (Å²) in [6.45, 7) is 6.19. The van der Waals surface area contributed by atoms with Crippen LogP contribution in [-0.2, 0) is 14.0 Å². The summed E-state index contributed by atoms with van der Waals surface area (Å²) in [4.78, 5) is 11.5. The van der Waals surface area contributed by atoms with Crippen molar-refractivity contribution < 1.29 is 13.2 Å². The zero-order chi connectivity index (χ0) is 12.4. The van der Waals surface area contributed by atoms with E-state index in [1.165, 1.54) is 0 Å². The Bertz CT molecular complexity index is 445. The van der Waals surface area contributed by atoms with E-state index in [4.69, 9.17) is 10.7 Å². The van der Waals surface area contributed by atoms with Crippen molar-refractivity contribution >= 4 is 25.8 Å². The van der Waals surface area contributed by atoms with E-state index in [9.17, 15) is 13.2 Å². The van der Waals surface area contributed by atoms with Crippen LogP contribution in [0.25, 0.3) is 0 Å². The lowest BCUT2D eigenvalue weighted by Crippen LogP contribution is -2.65. The van der Waals surface area contributed by atoms with Gasteiger partial charge in [0.2, 0.25) is 5.91 Å². The molecule has 1 aliphatic carbocycles. The molecule has 1 saturated carbocycles. The van der Waals surface area contributed by atoms with Gasteiger partial charge in [0.1, 0.15) is 0 Å². The van der Waals surface area contributed by atoms with Gasteiger partial charge in [0.05, 0.1) is 12.0 Å². The van der Waals surface area contributed by atoms with Gasteiger partial charge in [-0.15, -0.1) is 0 Å². The monoisotopic (exact) mass is 265 g/mol. The molecule has 16 heavy (non-hydrogen) atoms. The molecule has 0 radical (unpaired) electrons. The number of carbonyl (C=O) groups is 1. The van der Waals surface area contributed by atoms with Gasteiger partial charge in [-0.2, -0.15) is 8.42 Å². The first-order valence-corrected chi connectivity index (χ1v) is 7.63. The minimum absolute atomic E-state index is 0.0694.